The molecule has 0 bridgehead atoms. The number of anilines is 2. The summed E-state index contributed by atoms with van der Waals surface area (Å²) in [5, 5.41) is 2.65. The van der Waals surface area contributed by atoms with E-state index < -0.39 is 26.0 Å². The number of rotatable bonds is 9. The second-order valence-electron chi connectivity index (χ2n) is 8.48. The summed E-state index contributed by atoms with van der Waals surface area (Å²) in [5.74, 6) is -0.193. The number of sulfonamides is 2. The lowest BCUT2D eigenvalue weighted by Crippen LogP contribution is -2.23. The van der Waals surface area contributed by atoms with E-state index in [1.54, 1.807) is 25.1 Å². The van der Waals surface area contributed by atoms with Crippen LogP contribution >= 0.6 is 0 Å². The minimum Gasteiger partial charge on any atom is -0.484 e. The number of carbonyl (C=O) groups is 1. The Bertz CT molecular complexity index is 1480. The number of nitrogens with zero attached hydrogens (tertiary/aromatic N) is 1. The van der Waals surface area contributed by atoms with Gasteiger partial charge in [0.1, 0.15) is 5.75 Å². The molecule has 0 aliphatic heterocycles. The third-order valence-corrected chi connectivity index (χ3v) is 8.73. The highest BCUT2D eigenvalue weighted by atomic mass is 32.2. The van der Waals surface area contributed by atoms with Gasteiger partial charge in [-0.05, 0) is 86.0 Å². The summed E-state index contributed by atoms with van der Waals surface area (Å²) < 4.78 is 59.2. The highest BCUT2D eigenvalue weighted by Crippen LogP contribution is 2.23. The minimum absolute atomic E-state index is 0.0482. The maximum Gasteiger partial charge on any atom is 0.262 e. The van der Waals surface area contributed by atoms with Crippen LogP contribution in [-0.2, 0) is 24.8 Å². The number of hydrogen-bond acceptors (Lipinski definition) is 6. The molecule has 0 heterocycles. The summed E-state index contributed by atoms with van der Waals surface area (Å²) >= 11 is 0. The van der Waals surface area contributed by atoms with E-state index in [-0.39, 0.29) is 16.4 Å². The third-order valence-electron chi connectivity index (χ3n) is 5.52. The van der Waals surface area contributed by atoms with Gasteiger partial charge in [0.15, 0.2) is 6.61 Å². The maximum absolute atomic E-state index is 12.7. The summed E-state index contributed by atoms with van der Waals surface area (Å²) in [4.78, 5) is 12.5. The zero-order valence-corrected chi connectivity index (χ0v) is 22.3. The van der Waals surface area contributed by atoms with Crippen LogP contribution in [-0.4, -0.2) is 47.8 Å². The molecule has 0 saturated carbocycles. The summed E-state index contributed by atoms with van der Waals surface area (Å²) in [7, 11) is -4.59. The molecule has 36 heavy (non-hydrogen) atoms. The van der Waals surface area contributed by atoms with Crippen molar-refractivity contribution in [1.29, 1.82) is 0 Å². The average Bonchev–Trinajstić information content (AvgIpc) is 2.81. The van der Waals surface area contributed by atoms with E-state index in [1.807, 2.05) is 19.9 Å². The first kappa shape index (κ1) is 27.2. The molecule has 192 valence electrons. The number of hydrogen-bond donors (Lipinski definition) is 2. The van der Waals surface area contributed by atoms with Crippen molar-refractivity contribution in [3.05, 3.63) is 77.4 Å². The number of aryl methyl sites for hydroxylation is 3. The average molecular weight is 532 g/mol. The number of benzene rings is 3. The van der Waals surface area contributed by atoms with E-state index in [0.29, 0.717) is 22.7 Å². The van der Waals surface area contributed by atoms with Gasteiger partial charge in [-0.25, -0.2) is 21.1 Å². The first-order valence-corrected chi connectivity index (χ1v) is 13.9. The number of nitrogens with one attached hydrogen (secondary N) is 2. The van der Waals surface area contributed by atoms with Crippen molar-refractivity contribution >= 4 is 37.3 Å². The predicted octanol–water partition coefficient (Wildman–Crippen LogP) is 3.68. The number of ether oxygens (including phenoxy) is 1. The first-order chi connectivity index (χ1) is 16.8. The Morgan fingerprint density at radius 1 is 0.806 bits per heavy atom. The molecule has 11 heteroatoms. The lowest BCUT2D eigenvalue weighted by atomic mass is 10.1. The van der Waals surface area contributed by atoms with Crippen molar-refractivity contribution < 1.29 is 26.4 Å². The van der Waals surface area contributed by atoms with Crippen molar-refractivity contribution in [1.82, 2.24) is 4.31 Å². The van der Waals surface area contributed by atoms with Crippen LogP contribution in [0.4, 0.5) is 11.4 Å². The quantitative estimate of drug-likeness (QED) is 0.434. The Morgan fingerprint density at radius 2 is 1.42 bits per heavy atom. The predicted molar refractivity (Wildman–Crippen MR) is 139 cm³/mol. The van der Waals surface area contributed by atoms with Crippen LogP contribution in [0.5, 0.6) is 5.75 Å². The van der Waals surface area contributed by atoms with Crippen molar-refractivity contribution in [2.45, 2.75) is 30.6 Å². The first-order valence-electron chi connectivity index (χ1n) is 11.0. The molecule has 1 amide bonds. The van der Waals surface area contributed by atoms with Crippen LogP contribution in [0.3, 0.4) is 0 Å². The zero-order chi connectivity index (χ0) is 26.7. The van der Waals surface area contributed by atoms with E-state index in [2.05, 4.69) is 10.0 Å². The fraction of sp³-hybridized carbons (Fsp3) is 0.240. The molecule has 0 atom stereocenters. The second kappa shape index (κ2) is 10.7. The van der Waals surface area contributed by atoms with Gasteiger partial charge in [-0.3, -0.25) is 9.52 Å². The summed E-state index contributed by atoms with van der Waals surface area (Å²) in [6.07, 6.45) is 0. The molecule has 0 unspecified atom stereocenters. The lowest BCUT2D eigenvalue weighted by Gasteiger charge is -2.14. The lowest BCUT2D eigenvalue weighted by molar-refractivity contribution is -0.118. The van der Waals surface area contributed by atoms with Gasteiger partial charge in [-0.1, -0.05) is 12.1 Å². The Hall–Kier alpha value is -3.41. The maximum atomic E-state index is 12.7. The highest BCUT2D eigenvalue weighted by molar-refractivity contribution is 7.92. The van der Waals surface area contributed by atoms with E-state index in [4.69, 9.17) is 4.74 Å². The molecule has 3 aromatic rings. The molecule has 9 nitrogen and oxygen atoms in total. The Labute approximate surface area is 212 Å². The molecule has 3 aromatic carbocycles. The van der Waals surface area contributed by atoms with Gasteiger partial charge in [-0.2, -0.15) is 0 Å². The largest absolute Gasteiger partial charge is 0.484 e. The molecule has 3 rings (SSSR count). The Balaban J connectivity index is 1.63. The third kappa shape index (κ3) is 6.42. The highest BCUT2D eigenvalue weighted by Gasteiger charge is 2.19. The summed E-state index contributed by atoms with van der Waals surface area (Å²) in [5.41, 5.74) is 3.54. The van der Waals surface area contributed by atoms with Crippen molar-refractivity contribution in [2.75, 3.05) is 30.7 Å². The molecule has 0 aromatic heterocycles. The van der Waals surface area contributed by atoms with E-state index in [1.165, 1.54) is 50.5 Å². The molecule has 0 radical (unpaired) electrons. The normalized spacial score (nSPS) is 11.8. The SMILES string of the molecule is Cc1ccc(NS(=O)(=O)c2ccc(OCC(=O)Nc3cc(S(=O)(=O)N(C)C)ccc3C)cc2)cc1C. The van der Waals surface area contributed by atoms with E-state index in [0.717, 1.165) is 15.4 Å². The molecule has 0 spiro atoms. The standard InChI is InChI=1S/C25H29N3O6S2/c1-17-6-8-20(14-19(17)3)27-35(30,31)22-12-9-21(10-13-22)34-16-25(29)26-24-15-23(11-7-18(24)2)36(32,33)28(4)5/h6-15,27H,16H2,1-5H3,(H,26,29). The van der Waals surface area contributed by atoms with Crippen LogP contribution in [0.15, 0.2) is 70.5 Å². The van der Waals surface area contributed by atoms with Gasteiger partial charge in [0.25, 0.3) is 15.9 Å². The van der Waals surface area contributed by atoms with Gasteiger partial charge >= 0.3 is 0 Å². The van der Waals surface area contributed by atoms with Crippen LogP contribution in [0.25, 0.3) is 0 Å². The fourth-order valence-electron chi connectivity index (χ4n) is 3.18. The Kier molecular flexibility index (Phi) is 8.07. The van der Waals surface area contributed by atoms with Gasteiger partial charge in [0.05, 0.1) is 9.79 Å². The monoisotopic (exact) mass is 531 g/mol. The molecule has 2 N–H and O–H groups in total. The molecule has 0 saturated heterocycles. The van der Waals surface area contributed by atoms with Gasteiger partial charge in [-0.15, -0.1) is 0 Å². The van der Waals surface area contributed by atoms with Crippen molar-refractivity contribution in [2.24, 2.45) is 0 Å². The van der Waals surface area contributed by atoms with Crippen molar-refractivity contribution in [3.63, 3.8) is 0 Å². The molecule has 0 aliphatic rings. The molecule has 0 fully saturated rings. The van der Waals surface area contributed by atoms with Crippen LogP contribution in [0.1, 0.15) is 16.7 Å². The second-order valence-corrected chi connectivity index (χ2v) is 12.3. The molecule has 0 aliphatic carbocycles. The van der Waals surface area contributed by atoms with Crippen LogP contribution in [0.2, 0.25) is 0 Å². The fourth-order valence-corrected chi connectivity index (χ4v) is 5.15. The number of carbonyl (C=O) groups excluding carboxylic acids is 1. The molecular weight excluding hydrogens is 502 g/mol. The van der Waals surface area contributed by atoms with Crippen LogP contribution in [0, 0.1) is 20.8 Å². The summed E-state index contributed by atoms with van der Waals surface area (Å²) in [6, 6.07) is 15.5. The van der Waals surface area contributed by atoms with E-state index in [9.17, 15) is 21.6 Å². The van der Waals surface area contributed by atoms with Gasteiger partial charge in [0, 0.05) is 25.5 Å². The molecular formula is C25H29N3O6S2. The van der Waals surface area contributed by atoms with Gasteiger partial charge < -0.3 is 10.1 Å². The van der Waals surface area contributed by atoms with Crippen LogP contribution < -0.4 is 14.8 Å². The van der Waals surface area contributed by atoms with Gasteiger partial charge in [0.2, 0.25) is 10.0 Å². The Morgan fingerprint density at radius 3 is 2.03 bits per heavy atom. The van der Waals surface area contributed by atoms with E-state index >= 15 is 0 Å². The topological polar surface area (TPSA) is 122 Å². The number of amides is 1. The zero-order valence-electron chi connectivity index (χ0n) is 20.7. The smallest absolute Gasteiger partial charge is 0.262 e. The minimum atomic E-state index is -3.80. The summed E-state index contributed by atoms with van der Waals surface area (Å²) in [6.45, 7) is 5.24. The van der Waals surface area contributed by atoms with Crippen molar-refractivity contribution in [3.8, 4) is 5.75 Å².